The van der Waals surface area contributed by atoms with Crippen LogP contribution in [0.4, 0.5) is 15.8 Å². The van der Waals surface area contributed by atoms with E-state index in [4.69, 9.17) is 4.74 Å². The smallest absolute Gasteiger partial charge is 0.167 e. The summed E-state index contributed by atoms with van der Waals surface area (Å²) in [7, 11) is 1.41. The summed E-state index contributed by atoms with van der Waals surface area (Å²) in [6, 6.07) is 11.0. The first-order valence-electron chi connectivity index (χ1n) is 7.44. The van der Waals surface area contributed by atoms with Crippen molar-refractivity contribution in [2.45, 2.75) is 13.8 Å². The van der Waals surface area contributed by atoms with Crippen LogP contribution in [0.25, 0.3) is 10.9 Å². The standard InChI is InChI=1S/C19H16FN3O/c1-11-4-5-16(12(2)6-11)23-19-13(9-21)10-22-17-8-15(20)18(24-3)7-14(17)19/h4-8,10H,1-3H3,(H,22,23). The molecule has 1 aromatic heterocycles. The van der Waals surface area contributed by atoms with Crippen molar-refractivity contribution >= 4 is 22.3 Å². The predicted octanol–water partition coefficient (Wildman–Crippen LogP) is 4.61. The first-order chi connectivity index (χ1) is 11.5. The van der Waals surface area contributed by atoms with Gasteiger partial charge in [0.25, 0.3) is 0 Å². The Labute approximate surface area is 139 Å². The fourth-order valence-electron chi connectivity index (χ4n) is 2.66. The van der Waals surface area contributed by atoms with Gasteiger partial charge >= 0.3 is 0 Å². The van der Waals surface area contributed by atoms with Crippen molar-refractivity contribution in [3.8, 4) is 11.8 Å². The van der Waals surface area contributed by atoms with Gasteiger partial charge in [0.2, 0.25) is 0 Å². The van der Waals surface area contributed by atoms with E-state index in [2.05, 4.69) is 22.4 Å². The first-order valence-corrected chi connectivity index (χ1v) is 7.44. The molecule has 2 aromatic carbocycles. The number of benzene rings is 2. The largest absolute Gasteiger partial charge is 0.494 e. The number of nitrogens with one attached hydrogen (secondary N) is 1. The zero-order chi connectivity index (χ0) is 17.3. The van der Waals surface area contributed by atoms with Crippen LogP contribution >= 0.6 is 0 Å². The van der Waals surface area contributed by atoms with Crippen LogP contribution in [0.15, 0.2) is 36.5 Å². The number of hydrogen-bond donors (Lipinski definition) is 1. The normalized spacial score (nSPS) is 10.5. The van der Waals surface area contributed by atoms with Gasteiger partial charge in [-0.25, -0.2) is 4.39 Å². The molecule has 0 amide bonds. The maximum absolute atomic E-state index is 13.9. The molecule has 0 fully saturated rings. The molecule has 0 radical (unpaired) electrons. The van der Waals surface area contributed by atoms with Crippen LogP contribution in [0.2, 0.25) is 0 Å². The molecular weight excluding hydrogens is 305 g/mol. The lowest BCUT2D eigenvalue weighted by Crippen LogP contribution is -2.00. The number of fused-ring (bicyclic) bond motifs is 1. The number of nitriles is 1. The third kappa shape index (κ3) is 2.74. The summed E-state index contributed by atoms with van der Waals surface area (Å²) in [5, 5.41) is 13.3. The van der Waals surface area contributed by atoms with E-state index >= 15 is 0 Å². The molecule has 3 rings (SSSR count). The average molecular weight is 321 g/mol. The summed E-state index contributed by atoms with van der Waals surface area (Å²) in [5.74, 6) is -0.372. The lowest BCUT2D eigenvalue weighted by molar-refractivity contribution is 0.387. The van der Waals surface area contributed by atoms with E-state index in [1.54, 1.807) is 6.07 Å². The van der Waals surface area contributed by atoms with Crippen molar-refractivity contribution in [1.29, 1.82) is 5.26 Å². The number of aromatic nitrogens is 1. The number of halogens is 1. The van der Waals surface area contributed by atoms with E-state index in [-0.39, 0.29) is 5.75 Å². The van der Waals surface area contributed by atoms with Crippen LogP contribution < -0.4 is 10.1 Å². The van der Waals surface area contributed by atoms with Gasteiger partial charge in [0.1, 0.15) is 6.07 Å². The van der Waals surface area contributed by atoms with Crippen LogP contribution in [0.3, 0.4) is 0 Å². The number of aryl methyl sites for hydroxylation is 2. The molecular formula is C19H16FN3O. The van der Waals surface area contributed by atoms with Gasteiger partial charge in [-0.05, 0) is 31.5 Å². The summed E-state index contributed by atoms with van der Waals surface area (Å²) in [6.07, 6.45) is 1.44. The van der Waals surface area contributed by atoms with Crippen molar-refractivity contribution in [2.75, 3.05) is 12.4 Å². The van der Waals surface area contributed by atoms with Gasteiger partial charge in [0, 0.05) is 23.3 Å². The Kier molecular flexibility index (Phi) is 4.05. The number of methoxy groups -OCH3 is 1. The molecule has 24 heavy (non-hydrogen) atoms. The number of anilines is 2. The minimum atomic E-state index is -0.486. The summed E-state index contributed by atoms with van der Waals surface area (Å²) in [6.45, 7) is 4.01. The third-order valence-corrected chi connectivity index (χ3v) is 3.90. The number of hydrogen-bond acceptors (Lipinski definition) is 4. The molecule has 120 valence electrons. The second-order valence-corrected chi connectivity index (χ2v) is 5.61. The summed E-state index contributed by atoms with van der Waals surface area (Å²) >= 11 is 0. The summed E-state index contributed by atoms with van der Waals surface area (Å²) < 4.78 is 19.0. The molecule has 0 saturated heterocycles. The Balaban J connectivity index is 2.22. The molecule has 0 atom stereocenters. The minimum Gasteiger partial charge on any atom is -0.494 e. The van der Waals surface area contributed by atoms with Crippen LogP contribution in [-0.2, 0) is 0 Å². The topological polar surface area (TPSA) is 57.9 Å². The third-order valence-electron chi connectivity index (χ3n) is 3.90. The molecule has 0 bridgehead atoms. The van der Waals surface area contributed by atoms with Crippen molar-refractivity contribution in [2.24, 2.45) is 0 Å². The molecule has 0 aliphatic heterocycles. The molecule has 0 spiro atoms. The zero-order valence-corrected chi connectivity index (χ0v) is 13.6. The van der Waals surface area contributed by atoms with Gasteiger partial charge in [-0.2, -0.15) is 5.26 Å². The Bertz CT molecular complexity index is 976. The second-order valence-electron chi connectivity index (χ2n) is 5.61. The van der Waals surface area contributed by atoms with Crippen molar-refractivity contribution in [3.63, 3.8) is 0 Å². The zero-order valence-electron chi connectivity index (χ0n) is 13.6. The predicted molar refractivity (Wildman–Crippen MR) is 92.2 cm³/mol. The van der Waals surface area contributed by atoms with E-state index in [1.807, 2.05) is 26.0 Å². The average Bonchev–Trinajstić information content (AvgIpc) is 2.56. The Hall–Kier alpha value is -3.13. The summed E-state index contributed by atoms with van der Waals surface area (Å²) in [4.78, 5) is 4.17. The van der Waals surface area contributed by atoms with Gasteiger partial charge < -0.3 is 10.1 Å². The van der Waals surface area contributed by atoms with Crippen LogP contribution in [-0.4, -0.2) is 12.1 Å². The highest BCUT2D eigenvalue weighted by molar-refractivity contribution is 5.96. The number of ether oxygens (including phenoxy) is 1. The van der Waals surface area contributed by atoms with Gasteiger partial charge in [-0.3, -0.25) is 4.98 Å². The molecule has 0 unspecified atom stereocenters. The molecule has 0 aliphatic carbocycles. The SMILES string of the molecule is COc1cc2c(Nc3ccc(C)cc3C)c(C#N)cnc2cc1F. The number of rotatable bonds is 3. The minimum absolute atomic E-state index is 0.114. The van der Waals surface area contributed by atoms with E-state index in [0.717, 1.165) is 16.8 Å². The Morgan fingerprint density at radius 1 is 1.21 bits per heavy atom. The quantitative estimate of drug-likeness (QED) is 0.765. The first kappa shape index (κ1) is 15.8. The van der Waals surface area contributed by atoms with Gasteiger partial charge in [-0.1, -0.05) is 17.7 Å². The highest BCUT2D eigenvalue weighted by Gasteiger charge is 2.14. The second kappa shape index (κ2) is 6.17. The highest BCUT2D eigenvalue weighted by Crippen LogP contribution is 2.33. The molecule has 3 aromatic rings. The molecule has 0 aliphatic rings. The van der Waals surface area contributed by atoms with E-state index in [0.29, 0.717) is 22.2 Å². The number of nitrogens with zero attached hydrogens (tertiary/aromatic N) is 2. The van der Waals surface area contributed by atoms with Crippen molar-refractivity contribution in [3.05, 3.63) is 59.0 Å². The van der Waals surface area contributed by atoms with E-state index < -0.39 is 5.82 Å². The molecule has 5 heteroatoms. The van der Waals surface area contributed by atoms with Crippen LogP contribution in [0.5, 0.6) is 5.75 Å². The Morgan fingerprint density at radius 2 is 2.00 bits per heavy atom. The monoisotopic (exact) mass is 321 g/mol. The molecule has 1 heterocycles. The highest BCUT2D eigenvalue weighted by atomic mass is 19.1. The van der Waals surface area contributed by atoms with E-state index in [1.165, 1.54) is 19.4 Å². The number of pyridine rings is 1. The molecule has 4 nitrogen and oxygen atoms in total. The maximum atomic E-state index is 13.9. The lowest BCUT2D eigenvalue weighted by atomic mass is 10.1. The molecule has 0 saturated carbocycles. The van der Waals surface area contributed by atoms with Gasteiger partial charge in [0.05, 0.1) is 23.9 Å². The van der Waals surface area contributed by atoms with E-state index in [9.17, 15) is 9.65 Å². The summed E-state index contributed by atoms with van der Waals surface area (Å²) in [5.41, 5.74) is 4.52. The van der Waals surface area contributed by atoms with Gasteiger partial charge in [0.15, 0.2) is 11.6 Å². The molecule has 1 N–H and O–H groups in total. The van der Waals surface area contributed by atoms with Crippen molar-refractivity contribution in [1.82, 2.24) is 4.98 Å². The fraction of sp³-hybridized carbons (Fsp3) is 0.158. The maximum Gasteiger partial charge on any atom is 0.167 e. The van der Waals surface area contributed by atoms with Gasteiger partial charge in [-0.15, -0.1) is 0 Å². The van der Waals surface area contributed by atoms with Crippen molar-refractivity contribution < 1.29 is 9.13 Å². The fourth-order valence-corrected chi connectivity index (χ4v) is 2.66. The van der Waals surface area contributed by atoms with Crippen LogP contribution in [0, 0.1) is 31.0 Å². The van der Waals surface area contributed by atoms with Crippen LogP contribution in [0.1, 0.15) is 16.7 Å². The lowest BCUT2D eigenvalue weighted by Gasteiger charge is -2.14. The Morgan fingerprint density at radius 3 is 2.67 bits per heavy atom.